The summed E-state index contributed by atoms with van der Waals surface area (Å²) in [5.74, 6) is -1.58. The largest absolute Gasteiger partial charge is 0.469 e. The summed E-state index contributed by atoms with van der Waals surface area (Å²) in [6, 6.07) is 0. The minimum Gasteiger partial charge on any atom is -0.469 e. The van der Waals surface area contributed by atoms with Crippen molar-refractivity contribution in [1.82, 2.24) is 0 Å². The van der Waals surface area contributed by atoms with Crippen molar-refractivity contribution in [2.24, 2.45) is 11.8 Å². The van der Waals surface area contributed by atoms with Crippen LogP contribution in [0.3, 0.4) is 0 Å². The molecule has 0 aliphatic heterocycles. The second-order valence-electron chi connectivity index (χ2n) is 4.19. The molecule has 3 atom stereocenters. The van der Waals surface area contributed by atoms with E-state index >= 15 is 0 Å². The van der Waals surface area contributed by atoms with Gasteiger partial charge in [0.1, 0.15) is 10.6 Å². The first-order valence-corrected chi connectivity index (χ1v) is 6.55. The lowest BCUT2D eigenvalue weighted by Gasteiger charge is -2.19. The molecule has 104 valence electrons. The molecular weight excluding hydrogens is 304 g/mol. The number of hydrogen-bond acceptors (Lipinski definition) is 5. The zero-order valence-electron chi connectivity index (χ0n) is 11.1. The average molecular weight is 323 g/mol. The van der Waals surface area contributed by atoms with Gasteiger partial charge in [0, 0.05) is 5.92 Å². The Morgan fingerprint density at radius 3 is 1.94 bits per heavy atom. The van der Waals surface area contributed by atoms with Gasteiger partial charge in [-0.2, -0.15) is 0 Å². The van der Waals surface area contributed by atoms with Crippen LogP contribution in [0.25, 0.3) is 0 Å². The van der Waals surface area contributed by atoms with Crippen molar-refractivity contribution in [1.29, 1.82) is 0 Å². The lowest BCUT2D eigenvalue weighted by molar-refractivity contribution is -0.145. The predicted molar refractivity (Wildman–Crippen MR) is 69.3 cm³/mol. The van der Waals surface area contributed by atoms with Crippen molar-refractivity contribution in [3.05, 3.63) is 0 Å². The highest BCUT2D eigenvalue weighted by molar-refractivity contribution is 9.10. The molecule has 0 aromatic heterocycles. The summed E-state index contributed by atoms with van der Waals surface area (Å²) in [6.07, 6.45) is 0.671. The average Bonchev–Trinajstić information content (AvgIpc) is 2.35. The van der Waals surface area contributed by atoms with Crippen molar-refractivity contribution < 1.29 is 23.9 Å². The number of ether oxygens (including phenoxy) is 2. The molecule has 0 N–H and O–H groups in total. The minimum atomic E-state index is -0.541. The number of Topliss-reactive ketones (excluding diaryl/α,β-unsaturated/α-hetero) is 1. The number of hydrogen-bond donors (Lipinski definition) is 0. The summed E-state index contributed by atoms with van der Waals surface area (Å²) in [7, 11) is 2.60. The SMILES string of the molecule is COC(=O)C(C)CC(CC(Br)C(=O)OC)C(C)=O. The molecule has 6 heteroatoms. The molecule has 0 aromatic carbocycles. The summed E-state index contributed by atoms with van der Waals surface area (Å²) < 4.78 is 9.19. The zero-order valence-corrected chi connectivity index (χ0v) is 12.7. The minimum absolute atomic E-state index is 0.0564. The number of halogens is 1. The number of ketones is 1. The van der Waals surface area contributed by atoms with Crippen LogP contribution in [0.5, 0.6) is 0 Å². The molecule has 0 fully saturated rings. The van der Waals surface area contributed by atoms with E-state index in [4.69, 9.17) is 0 Å². The van der Waals surface area contributed by atoms with Crippen LogP contribution in [0.4, 0.5) is 0 Å². The normalized spacial score (nSPS) is 15.4. The fourth-order valence-electron chi connectivity index (χ4n) is 1.63. The first-order valence-electron chi connectivity index (χ1n) is 5.63. The smallest absolute Gasteiger partial charge is 0.319 e. The van der Waals surface area contributed by atoms with Crippen molar-refractivity contribution in [3.8, 4) is 0 Å². The highest BCUT2D eigenvalue weighted by Crippen LogP contribution is 2.23. The van der Waals surface area contributed by atoms with E-state index in [1.807, 2.05) is 0 Å². The van der Waals surface area contributed by atoms with Crippen molar-refractivity contribution in [2.45, 2.75) is 31.5 Å². The van der Waals surface area contributed by atoms with Gasteiger partial charge >= 0.3 is 11.9 Å². The molecule has 0 saturated heterocycles. The van der Waals surface area contributed by atoms with E-state index in [9.17, 15) is 14.4 Å². The lowest BCUT2D eigenvalue weighted by atomic mass is 9.89. The molecule has 0 radical (unpaired) electrons. The summed E-state index contributed by atoms with van der Waals surface area (Å²) in [5.41, 5.74) is 0. The maximum absolute atomic E-state index is 11.5. The molecular formula is C12H19BrO5. The fraction of sp³-hybridized carbons (Fsp3) is 0.750. The van der Waals surface area contributed by atoms with Gasteiger partial charge in [0.25, 0.3) is 0 Å². The Morgan fingerprint density at radius 1 is 1.06 bits per heavy atom. The Bertz CT molecular complexity index is 292. The van der Waals surface area contributed by atoms with Gasteiger partial charge in [0.15, 0.2) is 0 Å². The quantitative estimate of drug-likeness (QED) is 0.527. The first-order chi connectivity index (χ1) is 8.33. The molecule has 0 amide bonds. The monoisotopic (exact) mass is 322 g/mol. The lowest BCUT2D eigenvalue weighted by Crippen LogP contribution is -2.26. The number of carbonyl (C=O) groups excluding carboxylic acids is 3. The molecule has 0 aliphatic rings. The van der Waals surface area contributed by atoms with Gasteiger partial charge in [-0.15, -0.1) is 0 Å². The van der Waals surface area contributed by atoms with Crippen LogP contribution < -0.4 is 0 Å². The molecule has 0 aliphatic carbocycles. The van der Waals surface area contributed by atoms with E-state index < -0.39 is 10.8 Å². The Kier molecular flexibility index (Phi) is 7.82. The van der Waals surface area contributed by atoms with Gasteiger partial charge in [0.05, 0.1) is 20.1 Å². The van der Waals surface area contributed by atoms with E-state index in [-0.39, 0.29) is 23.6 Å². The summed E-state index contributed by atoms with van der Waals surface area (Å²) in [5, 5.41) is 0. The van der Waals surface area contributed by atoms with Crippen LogP contribution in [0.15, 0.2) is 0 Å². The van der Waals surface area contributed by atoms with E-state index in [2.05, 4.69) is 25.4 Å². The Labute approximate surface area is 115 Å². The third kappa shape index (κ3) is 5.62. The van der Waals surface area contributed by atoms with Crippen LogP contribution >= 0.6 is 15.9 Å². The second-order valence-corrected chi connectivity index (χ2v) is 5.30. The molecule has 0 bridgehead atoms. The molecule has 0 saturated carbocycles. The maximum atomic E-state index is 11.5. The predicted octanol–water partition coefficient (Wildman–Crippen LogP) is 1.72. The number of carbonyl (C=O) groups is 3. The number of methoxy groups -OCH3 is 2. The standard InChI is InChI=1S/C12H19BrO5/c1-7(11(15)17-3)5-9(8(2)14)6-10(13)12(16)18-4/h7,9-10H,5-6H2,1-4H3. The Balaban J connectivity index is 4.54. The second kappa shape index (κ2) is 8.24. The van der Waals surface area contributed by atoms with Gasteiger partial charge in [-0.1, -0.05) is 22.9 Å². The Morgan fingerprint density at radius 2 is 1.56 bits per heavy atom. The van der Waals surface area contributed by atoms with Gasteiger partial charge in [-0.25, -0.2) is 0 Å². The van der Waals surface area contributed by atoms with Crippen molar-refractivity contribution >= 4 is 33.7 Å². The van der Waals surface area contributed by atoms with Crippen molar-refractivity contribution in [3.63, 3.8) is 0 Å². The van der Waals surface area contributed by atoms with Gasteiger partial charge in [-0.3, -0.25) is 14.4 Å². The Hall–Kier alpha value is -0.910. The fourth-order valence-corrected chi connectivity index (χ4v) is 2.26. The number of rotatable bonds is 7. The van der Waals surface area contributed by atoms with E-state index in [0.29, 0.717) is 12.8 Å². The molecule has 0 heterocycles. The van der Waals surface area contributed by atoms with Crippen LogP contribution in [0.2, 0.25) is 0 Å². The van der Waals surface area contributed by atoms with Crippen LogP contribution in [0, 0.1) is 11.8 Å². The first kappa shape index (κ1) is 17.1. The third-order valence-corrected chi connectivity index (χ3v) is 3.51. The van der Waals surface area contributed by atoms with E-state index in [0.717, 1.165) is 0 Å². The zero-order chi connectivity index (χ0) is 14.3. The third-order valence-electron chi connectivity index (χ3n) is 2.76. The molecule has 3 unspecified atom stereocenters. The summed E-state index contributed by atoms with van der Waals surface area (Å²) in [6.45, 7) is 3.15. The molecule has 5 nitrogen and oxygen atoms in total. The molecule has 0 aromatic rings. The molecule has 18 heavy (non-hydrogen) atoms. The van der Waals surface area contributed by atoms with E-state index in [1.165, 1.54) is 21.1 Å². The highest BCUT2D eigenvalue weighted by atomic mass is 79.9. The number of alkyl halides is 1. The van der Waals surface area contributed by atoms with Crippen molar-refractivity contribution in [2.75, 3.05) is 14.2 Å². The van der Waals surface area contributed by atoms with Crippen LogP contribution in [-0.4, -0.2) is 36.8 Å². The number of esters is 2. The van der Waals surface area contributed by atoms with Crippen LogP contribution in [-0.2, 0) is 23.9 Å². The van der Waals surface area contributed by atoms with Crippen LogP contribution in [0.1, 0.15) is 26.7 Å². The summed E-state index contributed by atoms with van der Waals surface area (Å²) in [4.78, 5) is 33.6. The highest BCUT2D eigenvalue weighted by Gasteiger charge is 2.27. The maximum Gasteiger partial charge on any atom is 0.319 e. The topological polar surface area (TPSA) is 69.7 Å². The van der Waals surface area contributed by atoms with Gasteiger partial charge in [0.2, 0.25) is 0 Å². The van der Waals surface area contributed by atoms with E-state index in [1.54, 1.807) is 6.92 Å². The van der Waals surface area contributed by atoms with Gasteiger partial charge in [-0.05, 0) is 19.8 Å². The summed E-state index contributed by atoms with van der Waals surface area (Å²) >= 11 is 3.17. The van der Waals surface area contributed by atoms with Gasteiger partial charge < -0.3 is 9.47 Å². The molecule has 0 spiro atoms. The molecule has 0 rings (SSSR count).